The van der Waals surface area contributed by atoms with Crippen molar-refractivity contribution < 1.29 is 39.4 Å². The average molecular weight is 1100 g/mol. The van der Waals surface area contributed by atoms with Gasteiger partial charge in [0.1, 0.15) is 28.3 Å². The molecule has 0 saturated carbocycles. The van der Waals surface area contributed by atoms with Crippen molar-refractivity contribution in [1.29, 1.82) is 0 Å². The first kappa shape index (κ1) is 45.2. The third kappa shape index (κ3) is 7.36. The van der Waals surface area contributed by atoms with Crippen LogP contribution in [0.2, 0.25) is 0 Å². The first-order valence-electron chi connectivity index (χ1n) is 23.7. The Morgan fingerprint density at radius 3 is 2.01 bits per heavy atom. The molecule has 0 unspecified atom stereocenters. The number of fused-ring (bicyclic) bond motifs is 10. The molecule has 1 N–H and O–H groups in total. The summed E-state index contributed by atoms with van der Waals surface area (Å²) in [6.45, 7) is 19.8. The molecule has 5 heterocycles. The van der Waals surface area contributed by atoms with Crippen molar-refractivity contribution in [2.75, 3.05) is 0 Å². The maximum atomic E-state index is 12.6. The molecule has 70 heavy (non-hydrogen) atoms. The fraction of sp³-hybridized carbons (Fsp3) is 0.194. The fourth-order valence-electron chi connectivity index (χ4n) is 9.95. The number of furan rings is 3. The van der Waals surface area contributed by atoms with Gasteiger partial charge < -0.3 is 18.4 Å². The second-order valence-electron chi connectivity index (χ2n) is 21.6. The number of hydrogen-bond acceptors (Lipinski definition) is 6. The summed E-state index contributed by atoms with van der Waals surface area (Å²) in [5.41, 5.74) is 14.5. The third-order valence-electron chi connectivity index (χ3n) is 13.8. The minimum absolute atomic E-state index is 0. The zero-order valence-electron chi connectivity index (χ0n) is 40.7. The van der Waals surface area contributed by atoms with Crippen LogP contribution in [0.5, 0.6) is 5.75 Å². The van der Waals surface area contributed by atoms with Crippen LogP contribution < -0.4 is 0 Å². The third-order valence-corrected chi connectivity index (χ3v) is 13.8. The average Bonchev–Trinajstić information content (AvgIpc) is 4.09. The van der Waals surface area contributed by atoms with Gasteiger partial charge >= 0.3 is 0 Å². The van der Waals surface area contributed by atoms with Gasteiger partial charge in [-0.1, -0.05) is 152 Å². The number of aromatic hydroxyl groups is 1. The zero-order valence-corrected chi connectivity index (χ0v) is 43.0. The number of pyridine rings is 1. The molecule has 0 amide bonds. The van der Waals surface area contributed by atoms with E-state index in [2.05, 4.69) is 164 Å². The van der Waals surface area contributed by atoms with E-state index >= 15 is 0 Å². The van der Waals surface area contributed by atoms with Gasteiger partial charge in [-0.05, 0) is 98.7 Å². The Labute approximate surface area is 421 Å². The molecule has 0 aliphatic rings. The van der Waals surface area contributed by atoms with Gasteiger partial charge in [-0.25, -0.2) is 4.98 Å². The van der Waals surface area contributed by atoms with Gasteiger partial charge in [0.2, 0.25) is 0 Å². The topological polar surface area (TPSA) is 90.4 Å². The van der Waals surface area contributed by atoms with Crippen LogP contribution in [0.3, 0.4) is 0 Å². The molecule has 8 heteroatoms. The van der Waals surface area contributed by atoms with Crippen molar-refractivity contribution in [3.8, 4) is 56.3 Å². The van der Waals surface area contributed by atoms with E-state index < -0.39 is 0 Å². The van der Waals surface area contributed by atoms with E-state index in [1.165, 1.54) is 5.56 Å². The number of benzene rings is 7. The van der Waals surface area contributed by atoms with Crippen molar-refractivity contribution in [3.05, 3.63) is 168 Å². The van der Waals surface area contributed by atoms with Gasteiger partial charge in [-0.2, -0.15) is 0 Å². The summed E-state index contributed by atoms with van der Waals surface area (Å²) in [6, 6.07) is 51.9. The van der Waals surface area contributed by atoms with Gasteiger partial charge in [-0.3, -0.25) is 9.55 Å². The Morgan fingerprint density at radius 2 is 1.24 bits per heavy atom. The number of hydrogen-bond donors (Lipinski definition) is 1. The van der Waals surface area contributed by atoms with Crippen molar-refractivity contribution in [1.82, 2.24) is 14.5 Å². The molecule has 0 atom stereocenters. The quantitative estimate of drug-likeness (QED) is 0.173. The Kier molecular flexibility index (Phi) is 10.5. The summed E-state index contributed by atoms with van der Waals surface area (Å²) >= 11 is 0. The van der Waals surface area contributed by atoms with Gasteiger partial charge in [0.25, 0.3) is 5.78 Å². The van der Waals surface area contributed by atoms with Crippen LogP contribution in [0, 0.1) is 6.07 Å². The molecule has 0 radical (unpaired) electrons. The van der Waals surface area contributed by atoms with Crippen LogP contribution >= 0.6 is 0 Å². The van der Waals surface area contributed by atoms with E-state index in [1.54, 1.807) is 0 Å². The van der Waals surface area contributed by atoms with Crippen LogP contribution in [0.4, 0.5) is 0 Å². The first-order chi connectivity index (χ1) is 33.0. The minimum atomic E-state index is -0.357. The summed E-state index contributed by atoms with van der Waals surface area (Å²) in [6.07, 6.45) is 1.84. The molecule has 0 saturated heterocycles. The Balaban J connectivity index is 0.00000533. The molecule has 5 aromatic heterocycles. The predicted octanol–water partition coefficient (Wildman–Crippen LogP) is 17.0. The number of rotatable bonds is 5. The van der Waals surface area contributed by atoms with E-state index in [0.717, 1.165) is 99.5 Å². The number of imidazole rings is 1. The molecule has 0 bridgehead atoms. The molecule has 7 nitrogen and oxygen atoms in total. The predicted molar refractivity (Wildman–Crippen MR) is 282 cm³/mol. The van der Waals surface area contributed by atoms with Crippen molar-refractivity contribution in [2.24, 2.45) is 0 Å². The van der Waals surface area contributed by atoms with Crippen LogP contribution in [0.1, 0.15) is 79.0 Å². The zero-order chi connectivity index (χ0) is 47.7. The smallest absolute Gasteiger partial charge is 0.254 e. The van der Waals surface area contributed by atoms with E-state index in [4.69, 9.17) is 23.2 Å². The molecule has 12 rings (SSSR count). The van der Waals surface area contributed by atoms with Crippen molar-refractivity contribution in [2.45, 2.75) is 78.6 Å². The summed E-state index contributed by atoms with van der Waals surface area (Å²) in [5.74, 6) is 1.23. The molecule has 0 aliphatic carbocycles. The van der Waals surface area contributed by atoms with Crippen LogP contribution in [0.15, 0.2) is 159 Å². The Morgan fingerprint density at radius 1 is 0.543 bits per heavy atom. The molecule has 12 aromatic rings. The monoisotopic (exact) mass is 1100 g/mol. The van der Waals surface area contributed by atoms with Gasteiger partial charge in [0, 0.05) is 65.6 Å². The van der Waals surface area contributed by atoms with Gasteiger partial charge in [0.05, 0.1) is 27.9 Å². The van der Waals surface area contributed by atoms with E-state index in [-0.39, 0.29) is 43.1 Å². The van der Waals surface area contributed by atoms with Crippen LogP contribution in [0.25, 0.3) is 117 Å². The molecule has 0 aliphatic heterocycles. The van der Waals surface area contributed by atoms with Crippen LogP contribution in [-0.2, 0) is 37.3 Å². The summed E-state index contributed by atoms with van der Waals surface area (Å²) in [5, 5.41) is 17.1. The number of phenols is 1. The van der Waals surface area contributed by atoms with Gasteiger partial charge in [0.15, 0.2) is 0 Å². The van der Waals surface area contributed by atoms with Crippen molar-refractivity contribution in [3.63, 3.8) is 0 Å². The maximum absolute atomic E-state index is 12.6. The molecule has 0 fully saturated rings. The largest absolute Gasteiger partial charge is 0.507 e. The first-order valence-corrected chi connectivity index (χ1v) is 23.7. The second kappa shape index (κ2) is 16.2. The number of phenolic OH excluding ortho intramolecular Hbond substituents is 1. The van der Waals surface area contributed by atoms with Gasteiger partial charge in [-0.15, -0.1) is 12.1 Å². The fourth-order valence-corrected chi connectivity index (χ4v) is 9.95. The molecule has 0 spiro atoms. The van der Waals surface area contributed by atoms with Crippen molar-refractivity contribution >= 4 is 66.1 Å². The Bertz CT molecular complexity index is 4040. The SMILES string of the molecule is CC(C)(C)c1ccc(-n2c(-c3cc(C(C)(C)C)cc(C(C)(C)C)c3O)nc3c4c(ccc32)oc2oc3ccc(-c5cc(-c6ccc7c(c6)oc6ccccc67)ccn5)[c-]c3c24)c(-c2ccccc2)c1.[Pt]. The molecular formula is C62H52N3O4Pt-. The second-order valence-corrected chi connectivity index (χ2v) is 21.6. The summed E-state index contributed by atoms with van der Waals surface area (Å²) in [7, 11) is 0. The molecule has 350 valence electrons. The van der Waals surface area contributed by atoms with E-state index in [1.807, 2.05) is 54.7 Å². The number of aromatic nitrogens is 3. The minimum Gasteiger partial charge on any atom is -0.507 e. The number of nitrogens with zero attached hydrogens (tertiary/aromatic N) is 3. The molecular weight excluding hydrogens is 1050 g/mol. The molecule has 7 aromatic carbocycles. The van der Waals surface area contributed by atoms with E-state index in [9.17, 15) is 5.11 Å². The van der Waals surface area contributed by atoms with E-state index in [0.29, 0.717) is 28.3 Å². The summed E-state index contributed by atoms with van der Waals surface area (Å²) in [4.78, 5) is 10.5. The summed E-state index contributed by atoms with van der Waals surface area (Å²) < 4.78 is 21.5. The number of para-hydroxylation sites is 1. The normalized spacial score (nSPS) is 12.6. The Hall–Kier alpha value is -7.21. The standard InChI is InChI=1S/C62H52N3O4.Pt/c1-60(2,3)39-21-23-48(43(32-39)35-15-11-10-12-16-35)65-49-24-26-52-55(56(49)64-58(65)45-33-40(61(4,5)6)34-46(57(45)66)62(7,8)9)54-44-29-38(20-25-51(44)68-59(54)69-52)47-30-37(27-28-63-47)36-19-22-42-41-17-13-14-18-50(41)67-53(42)31-36;/h10-28,30-34,66H,1-9H3;/q-1;. The maximum Gasteiger partial charge on any atom is 0.254 e. The van der Waals surface area contributed by atoms with Crippen LogP contribution in [-0.4, -0.2) is 19.6 Å².